The SMILES string of the molecule is C=CCOC(=O)C1(C(F)F)CCc2ccccc2C1=O. The Morgan fingerprint density at radius 1 is 1.45 bits per heavy atom. The Balaban J connectivity index is 2.43. The van der Waals surface area contributed by atoms with Gasteiger partial charge < -0.3 is 4.74 Å². The number of carbonyl (C=O) groups is 2. The Morgan fingerprint density at radius 3 is 2.80 bits per heavy atom. The van der Waals surface area contributed by atoms with E-state index >= 15 is 0 Å². The molecule has 1 aliphatic carbocycles. The highest BCUT2D eigenvalue weighted by Gasteiger charge is 2.57. The van der Waals surface area contributed by atoms with Crippen LogP contribution in [0, 0.1) is 5.41 Å². The molecule has 1 atom stereocenters. The monoisotopic (exact) mass is 280 g/mol. The van der Waals surface area contributed by atoms with Crippen LogP contribution in [0.2, 0.25) is 0 Å². The summed E-state index contributed by atoms with van der Waals surface area (Å²) in [5, 5.41) is 0. The molecule has 1 aromatic carbocycles. The van der Waals surface area contributed by atoms with E-state index in [1.54, 1.807) is 18.2 Å². The molecule has 0 bridgehead atoms. The van der Waals surface area contributed by atoms with Gasteiger partial charge in [-0.1, -0.05) is 36.9 Å². The van der Waals surface area contributed by atoms with Crippen LogP contribution in [0.5, 0.6) is 0 Å². The summed E-state index contributed by atoms with van der Waals surface area (Å²) in [4.78, 5) is 24.3. The van der Waals surface area contributed by atoms with Crippen LogP contribution in [0.25, 0.3) is 0 Å². The third kappa shape index (κ3) is 2.13. The molecule has 2 rings (SSSR count). The van der Waals surface area contributed by atoms with Gasteiger partial charge in [0.2, 0.25) is 0 Å². The minimum absolute atomic E-state index is 0.176. The lowest BCUT2D eigenvalue weighted by Gasteiger charge is -2.33. The van der Waals surface area contributed by atoms with Gasteiger partial charge in [-0.3, -0.25) is 9.59 Å². The van der Waals surface area contributed by atoms with E-state index in [1.165, 1.54) is 12.1 Å². The summed E-state index contributed by atoms with van der Waals surface area (Å²) in [6, 6.07) is 6.50. The number of halogens is 2. The minimum atomic E-state index is -3.10. The van der Waals surface area contributed by atoms with E-state index in [9.17, 15) is 18.4 Å². The zero-order valence-electron chi connectivity index (χ0n) is 10.8. The molecule has 3 nitrogen and oxygen atoms in total. The topological polar surface area (TPSA) is 43.4 Å². The predicted molar refractivity (Wildman–Crippen MR) is 68.7 cm³/mol. The number of hydrogen-bond donors (Lipinski definition) is 0. The summed E-state index contributed by atoms with van der Waals surface area (Å²) in [6.45, 7) is 3.16. The molecular weight excluding hydrogens is 266 g/mol. The molecule has 0 N–H and O–H groups in total. The molecular formula is C15H14F2O3. The summed E-state index contributed by atoms with van der Waals surface area (Å²) >= 11 is 0. The van der Waals surface area contributed by atoms with Crippen molar-refractivity contribution in [3.63, 3.8) is 0 Å². The maximum Gasteiger partial charge on any atom is 0.326 e. The minimum Gasteiger partial charge on any atom is -0.461 e. The lowest BCUT2D eigenvalue weighted by Crippen LogP contribution is -2.49. The largest absolute Gasteiger partial charge is 0.461 e. The van der Waals surface area contributed by atoms with Gasteiger partial charge in [0, 0.05) is 5.56 Å². The average Bonchev–Trinajstić information content (AvgIpc) is 2.45. The number of ether oxygens (including phenoxy) is 1. The third-order valence-corrected chi connectivity index (χ3v) is 3.52. The quantitative estimate of drug-likeness (QED) is 0.484. The zero-order chi connectivity index (χ0) is 14.8. The van der Waals surface area contributed by atoms with Gasteiger partial charge in [-0.15, -0.1) is 0 Å². The number of aryl methyl sites for hydroxylation is 1. The first-order chi connectivity index (χ1) is 9.54. The maximum atomic E-state index is 13.5. The van der Waals surface area contributed by atoms with Crippen molar-refractivity contribution in [3.8, 4) is 0 Å². The molecule has 0 amide bonds. The lowest BCUT2D eigenvalue weighted by atomic mass is 9.70. The van der Waals surface area contributed by atoms with Crippen LogP contribution in [0.4, 0.5) is 8.78 Å². The highest BCUT2D eigenvalue weighted by Crippen LogP contribution is 2.41. The van der Waals surface area contributed by atoms with Crippen LogP contribution in [0.1, 0.15) is 22.3 Å². The Bertz CT molecular complexity index is 554. The summed E-state index contributed by atoms with van der Waals surface area (Å²) in [7, 11) is 0. The first-order valence-corrected chi connectivity index (χ1v) is 6.23. The molecule has 0 heterocycles. The molecule has 20 heavy (non-hydrogen) atoms. The fourth-order valence-electron chi connectivity index (χ4n) is 2.40. The van der Waals surface area contributed by atoms with E-state index in [0.717, 1.165) is 0 Å². The number of hydrogen-bond acceptors (Lipinski definition) is 3. The highest BCUT2D eigenvalue weighted by molar-refractivity contribution is 6.14. The van der Waals surface area contributed by atoms with Crippen molar-refractivity contribution >= 4 is 11.8 Å². The van der Waals surface area contributed by atoms with Crippen molar-refractivity contribution < 1.29 is 23.1 Å². The van der Waals surface area contributed by atoms with Gasteiger partial charge in [0.25, 0.3) is 6.43 Å². The Kier molecular flexibility index (Phi) is 3.97. The Labute approximate surface area is 115 Å². The number of fused-ring (bicyclic) bond motifs is 1. The molecule has 1 aliphatic rings. The molecule has 106 valence electrons. The molecule has 0 radical (unpaired) electrons. The van der Waals surface area contributed by atoms with Crippen molar-refractivity contribution in [1.29, 1.82) is 0 Å². The molecule has 0 saturated carbocycles. The number of Topliss-reactive ketones (excluding diaryl/α,β-unsaturated/α-hetero) is 1. The van der Waals surface area contributed by atoms with Gasteiger partial charge in [0.15, 0.2) is 11.2 Å². The summed E-state index contributed by atoms with van der Waals surface area (Å²) in [5.74, 6) is -2.03. The van der Waals surface area contributed by atoms with E-state index < -0.39 is 23.6 Å². The number of ketones is 1. The van der Waals surface area contributed by atoms with Gasteiger partial charge >= 0.3 is 5.97 Å². The van der Waals surface area contributed by atoms with Crippen molar-refractivity contribution in [3.05, 3.63) is 48.0 Å². The number of esters is 1. The van der Waals surface area contributed by atoms with E-state index in [2.05, 4.69) is 6.58 Å². The van der Waals surface area contributed by atoms with E-state index in [4.69, 9.17) is 4.74 Å². The van der Waals surface area contributed by atoms with E-state index in [-0.39, 0.29) is 25.0 Å². The van der Waals surface area contributed by atoms with Gasteiger partial charge in [0.05, 0.1) is 0 Å². The maximum absolute atomic E-state index is 13.5. The molecule has 1 unspecified atom stereocenters. The van der Waals surface area contributed by atoms with Gasteiger partial charge in [-0.2, -0.15) is 0 Å². The van der Waals surface area contributed by atoms with Crippen LogP contribution in [0.3, 0.4) is 0 Å². The van der Waals surface area contributed by atoms with Crippen LogP contribution < -0.4 is 0 Å². The Hall–Kier alpha value is -2.04. The van der Waals surface area contributed by atoms with E-state index in [1.807, 2.05) is 0 Å². The van der Waals surface area contributed by atoms with Crippen LogP contribution in [0.15, 0.2) is 36.9 Å². The normalized spacial score (nSPS) is 21.4. The van der Waals surface area contributed by atoms with Crippen molar-refractivity contribution in [2.75, 3.05) is 6.61 Å². The van der Waals surface area contributed by atoms with Crippen molar-refractivity contribution in [2.24, 2.45) is 5.41 Å². The third-order valence-electron chi connectivity index (χ3n) is 3.52. The lowest BCUT2D eigenvalue weighted by molar-refractivity contribution is -0.160. The molecule has 0 fully saturated rings. The molecule has 0 spiro atoms. The summed E-state index contributed by atoms with van der Waals surface area (Å²) in [5.41, 5.74) is -1.53. The Morgan fingerprint density at radius 2 is 2.15 bits per heavy atom. The van der Waals surface area contributed by atoms with Crippen LogP contribution in [-0.2, 0) is 16.0 Å². The molecule has 0 aromatic heterocycles. The number of benzene rings is 1. The molecule has 0 saturated heterocycles. The smallest absolute Gasteiger partial charge is 0.326 e. The fourth-order valence-corrected chi connectivity index (χ4v) is 2.40. The number of carbonyl (C=O) groups excluding carboxylic acids is 2. The predicted octanol–water partition coefficient (Wildman–Crippen LogP) is 2.80. The first-order valence-electron chi connectivity index (χ1n) is 6.23. The van der Waals surface area contributed by atoms with Crippen LogP contribution in [-0.4, -0.2) is 24.8 Å². The second kappa shape index (κ2) is 5.53. The number of alkyl halides is 2. The van der Waals surface area contributed by atoms with Gasteiger partial charge in [0.1, 0.15) is 6.61 Å². The van der Waals surface area contributed by atoms with E-state index in [0.29, 0.717) is 5.56 Å². The summed E-state index contributed by atoms with van der Waals surface area (Å²) < 4.78 is 31.6. The summed E-state index contributed by atoms with van der Waals surface area (Å²) in [6.07, 6.45) is -1.81. The average molecular weight is 280 g/mol. The van der Waals surface area contributed by atoms with Gasteiger partial charge in [-0.25, -0.2) is 8.78 Å². The second-order valence-corrected chi connectivity index (χ2v) is 4.65. The standard InChI is InChI=1S/C15H14F2O3/c1-2-9-20-14(19)15(13(16)17)8-7-10-5-3-4-6-11(10)12(15)18/h2-6,13H,1,7-9H2. The second-order valence-electron chi connectivity index (χ2n) is 4.65. The molecule has 0 aliphatic heterocycles. The first kappa shape index (κ1) is 14.4. The number of rotatable bonds is 4. The fraction of sp³-hybridized carbons (Fsp3) is 0.333. The molecule has 1 aromatic rings. The van der Waals surface area contributed by atoms with Crippen LogP contribution >= 0.6 is 0 Å². The highest BCUT2D eigenvalue weighted by atomic mass is 19.3. The van der Waals surface area contributed by atoms with Crippen molar-refractivity contribution in [2.45, 2.75) is 19.3 Å². The zero-order valence-corrected chi connectivity index (χ0v) is 10.8. The van der Waals surface area contributed by atoms with Gasteiger partial charge in [-0.05, 0) is 18.4 Å². The van der Waals surface area contributed by atoms with Crippen molar-refractivity contribution in [1.82, 2.24) is 0 Å². The molecule has 5 heteroatoms.